The van der Waals surface area contributed by atoms with Gasteiger partial charge in [0.25, 0.3) is 0 Å². The van der Waals surface area contributed by atoms with E-state index in [2.05, 4.69) is 12.2 Å². The minimum absolute atomic E-state index is 0.829. The van der Waals surface area contributed by atoms with E-state index < -0.39 is 0 Å². The molecule has 3 fully saturated rings. The van der Waals surface area contributed by atoms with Crippen molar-refractivity contribution in [2.45, 2.75) is 12.8 Å². The lowest BCUT2D eigenvalue weighted by Gasteiger charge is -2.35. The third-order valence-corrected chi connectivity index (χ3v) is 4.42. The molecule has 0 heteroatoms. The van der Waals surface area contributed by atoms with Gasteiger partial charge in [-0.25, -0.2) is 0 Å². The van der Waals surface area contributed by atoms with Crippen molar-refractivity contribution in [2.75, 3.05) is 0 Å². The van der Waals surface area contributed by atoms with Crippen LogP contribution < -0.4 is 0 Å². The highest BCUT2D eigenvalue weighted by atomic mass is 14.8. The van der Waals surface area contributed by atoms with Crippen LogP contribution in [0.2, 0.25) is 0 Å². The number of allylic oxidation sites excluding steroid dienone is 2. The maximum Gasteiger partial charge on any atom is -0.00496 e. The van der Waals surface area contributed by atoms with Crippen molar-refractivity contribution in [1.82, 2.24) is 0 Å². The summed E-state index contributed by atoms with van der Waals surface area (Å²) >= 11 is 0. The molecule has 0 amide bonds. The molecule has 4 bridgehead atoms. The average Bonchev–Trinajstić information content (AvgIpc) is 2.23. The third kappa shape index (κ3) is 0.189. The number of hydrogen-bond donors (Lipinski definition) is 0. The molecule has 3 saturated carbocycles. The molecule has 0 nitrogen and oxygen atoms in total. The van der Waals surface area contributed by atoms with Crippen LogP contribution in [0.5, 0.6) is 0 Å². The fraction of sp³-hybridized carbons (Fsp3) is 0.778. The van der Waals surface area contributed by atoms with Crippen LogP contribution in [-0.2, 0) is 0 Å². The summed E-state index contributed by atoms with van der Waals surface area (Å²) in [6.45, 7) is 0. The largest absolute Gasteiger partial charge is 0.0842 e. The van der Waals surface area contributed by atoms with Crippen LogP contribution in [0.4, 0.5) is 0 Å². The highest BCUT2D eigenvalue weighted by Crippen LogP contribution is 2.83. The molecular weight excluding hydrogens is 108 g/mol. The zero-order valence-corrected chi connectivity index (χ0v) is 5.38. The Hall–Kier alpha value is -0.260. The summed E-state index contributed by atoms with van der Waals surface area (Å²) in [7, 11) is 0. The van der Waals surface area contributed by atoms with Gasteiger partial charge in [-0.3, -0.25) is 0 Å². The zero-order chi connectivity index (χ0) is 5.64. The van der Waals surface area contributed by atoms with E-state index in [0.717, 1.165) is 17.3 Å². The minimum Gasteiger partial charge on any atom is -0.0842 e. The Morgan fingerprint density at radius 3 is 2.89 bits per heavy atom. The Bertz CT molecular complexity index is 228. The van der Waals surface area contributed by atoms with Crippen LogP contribution in [0.25, 0.3) is 0 Å². The van der Waals surface area contributed by atoms with Crippen molar-refractivity contribution in [2.24, 2.45) is 29.1 Å². The number of fused-ring (bicyclic) bond motifs is 1. The smallest absolute Gasteiger partial charge is 0.00496 e. The Morgan fingerprint density at radius 2 is 2.33 bits per heavy atom. The molecule has 0 radical (unpaired) electrons. The van der Waals surface area contributed by atoms with Gasteiger partial charge in [0.2, 0.25) is 0 Å². The maximum absolute atomic E-state index is 2.54. The van der Waals surface area contributed by atoms with Crippen LogP contribution >= 0.6 is 0 Å². The van der Waals surface area contributed by atoms with Gasteiger partial charge in [-0.05, 0) is 41.9 Å². The second-order valence-electron chi connectivity index (χ2n) is 4.37. The maximum atomic E-state index is 2.54. The molecule has 0 saturated heterocycles. The fourth-order valence-corrected chi connectivity index (χ4v) is 3.90. The highest BCUT2D eigenvalue weighted by Gasteiger charge is 2.77. The molecule has 4 aliphatic carbocycles. The summed E-state index contributed by atoms with van der Waals surface area (Å²) in [5.41, 5.74) is 0.829. The van der Waals surface area contributed by atoms with Gasteiger partial charge in [-0.15, -0.1) is 0 Å². The second kappa shape index (κ2) is 0.744. The lowest BCUT2D eigenvalue weighted by atomic mass is 9.69. The van der Waals surface area contributed by atoms with E-state index in [4.69, 9.17) is 0 Å². The molecule has 5 unspecified atom stereocenters. The van der Waals surface area contributed by atoms with Gasteiger partial charge in [0.05, 0.1) is 0 Å². The predicted molar refractivity (Wildman–Crippen MR) is 34.8 cm³/mol. The highest BCUT2D eigenvalue weighted by molar-refractivity contribution is 5.38. The molecule has 4 aliphatic rings. The van der Waals surface area contributed by atoms with E-state index in [1.54, 1.807) is 12.8 Å². The van der Waals surface area contributed by atoms with E-state index in [0.29, 0.717) is 0 Å². The van der Waals surface area contributed by atoms with Gasteiger partial charge in [0, 0.05) is 0 Å². The van der Waals surface area contributed by atoms with Crippen molar-refractivity contribution in [1.29, 1.82) is 0 Å². The van der Waals surface area contributed by atoms with Crippen LogP contribution in [0.15, 0.2) is 12.2 Å². The summed E-state index contributed by atoms with van der Waals surface area (Å²) in [5, 5.41) is 0. The molecular formula is C9H10. The van der Waals surface area contributed by atoms with Gasteiger partial charge in [-0.1, -0.05) is 12.2 Å². The third-order valence-electron chi connectivity index (χ3n) is 4.42. The Kier molecular flexibility index (Phi) is 0.314. The molecule has 0 N–H and O–H groups in total. The van der Waals surface area contributed by atoms with E-state index in [1.165, 1.54) is 11.8 Å². The molecule has 0 aromatic carbocycles. The Morgan fingerprint density at radius 1 is 1.33 bits per heavy atom. The topological polar surface area (TPSA) is 0 Å². The van der Waals surface area contributed by atoms with Crippen molar-refractivity contribution in [3.8, 4) is 0 Å². The monoisotopic (exact) mass is 118 g/mol. The molecule has 0 aromatic rings. The first-order valence-electron chi connectivity index (χ1n) is 4.11. The molecule has 5 atom stereocenters. The van der Waals surface area contributed by atoms with Crippen LogP contribution in [-0.4, -0.2) is 0 Å². The molecule has 1 spiro atoms. The fourth-order valence-electron chi connectivity index (χ4n) is 3.90. The predicted octanol–water partition coefficient (Wildman–Crippen LogP) is 1.83. The van der Waals surface area contributed by atoms with E-state index in [9.17, 15) is 0 Å². The molecule has 4 rings (SSSR count). The van der Waals surface area contributed by atoms with Crippen molar-refractivity contribution in [3.63, 3.8) is 0 Å². The van der Waals surface area contributed by atoms with Gasteiger partial charge < -0.3 is 0 Å². The van der Waals surface area contributed by atoms with Crippen molar-refractivity contribution >= 4 is 0 Å². The lowest BCUT2D eigenvalue weighted by Crippen LogP contribution is -2.29. The molecule has 0 heterocycles. The van der Waals surface area contributed by atoms with Crippen LogP contribution in [0.1, 0.15) is 12.8 Å². The van der Waals surface area contributed by atoms with Gasteiger partial charge in [0.15, 0.2) is 0 Å². The van der Waals surface area contributed by atoms with Crippen LogP contribution in [0.3, 0.4) is 0 Å². The van der Waals surface area contributed by atoms with E-state index in [-0.39, 0.29) is 0 Å². The average molecular weight is 118 g/mol. The normalized spacial score (nSPS) is 78.2. The first-order valence-corrected chi connectivity index (χ1v) is 4.11. The summed E-state index contributed by atoms with van der Waals surface area (Å²) < 4.78 is 0. The summed E-state index contributed by atoms with van der Waals surface area (Å²) in [6.07, 6.45) is 8.19. The first kappa shape index (κ1) is 3.80. The Balaban J connectivity index is 2.10. The van der Waals surface area contributed by atoms with Gasteiger partial charge in [-0.2, -0.15) is 0 Å². The zero-order valence-electron chi connectivity index (χ0n) is 5.38. The number of hydrogen-bond acceptors (Lipinski definition) is 0. The molecule has 0 aromatic heterocycles. The quantitative estimate of drug-likeness (QED) is 0.426. The molecule has 9 heavy (non-hydrogen) atoms. The van der Waals surface area contributed by atoms with Crippen molar-refractivity contribution in [3.05, 3.63) is 12.2 Å². The Labute approximate surface area is 54.9 Å². The van der Waals surface area contributed by atoms with E-state index >= 15 is 0 Å². The summed E-state index contributed by atoms with van der Waals surface area (Å²) in [4.78, 5) is 0. The molecule has 46 valence electrons. The number of rotatable bonds is 0. The SMILES string of the molecule is C1=CC23CC2C2CC3C12. The first-order chi connectivity index (χ1) is 4.42. The minimum atomic E-state index is 0.829. The second-order valence-corrected chi connectivity index (χ2v) is 4.37. The summed E-state index contributed by atoms with van der Waals surface area (Å²) in [6, 6.07) is 0. The van der Waals surface area contributed by atoms with Crippen LogP contribution in [0, 0.1) is 29.1 Å². The van der Waals surface area contributed by atoms with Crippen molar-refractivity contribution < 1.29 is 0 Å². The molecule has 0 aliphatic heterocycles. The van der Waals surface area contributed by atoms with Gasteiger partial charge in [0.1, 0.15) is 0 Å². The summed E-state index contributed by atoms with van der Waals surface area (Å²) in [5.74, 6) is 4.56. The lowest BCUT2D eigenvalue weighted by molar-refractivity contribution is 0.154. The van der Waals surface area contributed by atoms with E-state index in [1.807, 2.05) is 0 Å². The van der Waals surface area contributed by atoms with Gasteiger partial charge >= 0.3 is 0 Å². The standard InChI is InChI=1S/C9H10/c1-2-9-4-8(9)6-3-7(9)5(1)6/h1-2,5-8H,3-4H2.